The number of benzene rings is 2. The molecule has 5 heteroatoms. The summed E-state index contributed by atoms with van der Waals surface area (Å²) < 4.78 is 10.5. The quantitative estimate of drug-likeness (QED) is 0.484. The van der Waals surface area contributed by atoms with Crippen molar-refractivity contribution < 1.29 is 19.1 Å². The highest BCUT2D eigenvalue weighted by molar-refractivity contribution is 6.42. The number of carbonyl (C=O) groups excluding carboxylic acids is 2. The summed E-state index contributed by atoms with van der Waals surface area (Å²) in [4.78, 5) is 23.7. The zero-order valence-corrected chi connectivity index (χ0v) is 13.2. The number of ether oxygens (including phenoxy) is 2. The highest BCUT2D eigenvalue weighted by Gasteiger charge is 2.15. The fraction of sp³-hybridized carbons (Fsp3) is 0.222. The lowest BCUT2D eigenvalue weighted by Crippen LogP contribution is -2.34. The van der Waals surface area contributed by atoms with Gasteiger partial charge in [0.1, 0.15) is 18.1 Å². The molecular formula is C18H19NO4. The van der Waals surface area contributed by atoms with Crippen molar-refractivity contribution in [3.63, 3.8) is 0 Å². The molecule has 23 heavy (non-hydrogen) atoms. The van der Waals surface area contributed by atoms with Gasteiger partial charge in [0, 0.05) is 5.56 Å². The second-order valence-electron chi connectivity index (χ2n) is 4.98. The first kappa shape index (κ1) is 16.5. The predicted octanol–water partition coefficient (Wildman–Crippen LogP) is 2.38. The van der Waals surface area contributed by atoms with Gasteiger partial charge < -0.3 is 14.8 Å². The Morgan fingerprint density at radius 3 is 2.17 bits per heavy atom. The number of Topliss-reactive ketones (excluding diaryl/α,β-unsaturated/α-hetero) is 1. The van der Waals surface area contributed by atoms with E-state index in [9.17, 15) is 9.59 Å². The van der Waals surface area contributed by atoms with Crippen molar-refractivity contribution in [1.29, 1.82) is 0 Å². The SMILES string of the molecule is COc1ccc(OCCNC(=O)C(=O)c2ccc(C)cc2)cc1. The van der Waals surface area contributed by atoms with Crippen molar-refractivity contribution in [2.24, 2.45) is 0 Å². The lowest BCUT2D eigenvalue weighted by Gasteiger charge is -2.08. The summed E-state index contributed by atoms with van der Waals surface area (Å²) in [6.07, 6.45) is 0. The molecular weight excluding hydrogens is 294 g/mol. The Morgan fingerprint density at radius 1 is 0.957 bits per heavy atom. The fourth-order valence-corrected chi connectivity index (χ4v) is 1.92. The molecule has 1 amide bonds. The van der Waals surface area contributed by atoms with E-state index in [1.165, 1.54) is 0 Å². The Hall–Kier alpha value is -2.82. The van der Waals surface area contributed by atoms with Crippen LogP contribution in [0.5, 0.6) is 11.5 Å². The number of carbonyl (C=O) groups is 2. The van der Waals surface area contributed by atoms with E-state index in [-0.39, 0.29) is 13.2 Å². The zero-order valence-electron chi connectivity index (χ0n) is 13.2. The maximum absolute atomic E-state index is 11.9. The third-order valence-electron chi connectivity index (χ3n) is 3.24. The summed E-state index contributed by atoms with van der Waals surface area (Å²) >= 11 is 0. The number of rotatable bonds is 7. The molecule has 0 fully saturated rings. The van der Waals surface area contributed by atoms with Crippen molar-refractivity contribution in [1.82, 2.24) is 5.32 Å². The van der Waals surface area contributed by atoms with Gasteiger partial charge in [0.25, 0.3) is 5.91 Å². The monoisotopic (exact) mass is 313 g/mol. The predicted molar refractivity (Wildman–Crippen MR) is 87.0 cm³/mol. The lowest BCUT2D eigenvalue weighted by atomic mass is 10.1. The Kier molecular flexibility index (Phi) is 5.74. The van der Waals surface area contributed by atoms with E-state index >= 15 is 0 Å². The summed E-state index contributed by atoms with van der Waals surface area (Å²) in [5.41, 5.74) is 1.42. The molecule has 0 heterocycles. The van der Waals surface area contributed by atoms with Crippen LogP contribution >= 0.6 is 0 Å². The number of hydrogen-bond donors (Lipinski definition) is 1. The number of methoxy groups -OCH3 is 1. The van der Waals surface area contributed by atoms with Gasteiger partial charge in [-0.05, 0) is 31.2 Å². The van der Waals surface area contributed by atoms with Crippen LogP contribution in [0.4, 0.5) is 0 Å². The number of ketones is 1. The molecule has 0 saturated carbocycles. The molecule has 1 N–H and O–H groups in total. The Balaban J connectivity index is 1.75. The van der Waals surface area contributed by atoms with Gasteiger partial charge in [0.05, 0.1) is 13.7 Å². The summed E-state index contributed by atoms with van der Waals surface area (Å²) in [6, 6.07) is 14.0. The molecule has 0 atom stereocenters. The standard InChI is InChI=1S/C18H19NO4/c1-13-3-5-14(6-4-13)17(20)18(21)19-11-12-23-16-9-7-15(22-2)8-10-16/h3-10H,11-12H2,1-2H3,(H,19,21). The van der Waals surface area contributed by atoms with Gasteiger partial charge in [-0.25, -0.2) is 0 Å². The molecule has 0 bridgehead atoms. The third kappa shape index (κ3) is 4.85. The van der Waals surface area contributed by atoms with Crippen molar-refractivity contribution in [2.75, 3.05) is 20.3 Å². The molecule has 0 aromatic heterocycles. The molecule has 2 aromatic carbocycles. The molecule has 120 valence electrons. The van der Waals surface area contributed by atoms with E-state index in [2.05, 4.69) is 5.32 Å². The Morgan fingerprint density at radius 2 is 1.57 bits per heavy atom. The first-order valence-corrected chi connectivity index (χ1v) is 7.26. The van der Waals surface area contributed by atoms with Crippen molar-refractivity contribution in [2.45, 2.75) is 6.92 Å². The van der Waals surface area contributed by atoms with Crippen molar-refractivity contribution >= 4 is 11.7 Å². The van der Waals surface area contributed by atoms with Gasteiger partial charge in [0.15, 0.2) is 0 Å². The second kappa shape index (κ2) is 7.98. The molecule has 0 aliphatic rings. The summed E-state index contributed by atoms with van der Waals surface area (Å²) in [5.74, 6) is 0.237. The molecule has 0 saturated heterocycles. The van der Waals surface area contributed by atoms with E-state index in [0.29, 0.717) is 11.3 Å². The average Bonchev–Trinajstić information content (AvgIpc) is 2.59. The molecule has 0 radical (unpaired) electrons. The summed E-state index contributed by atoms with van der Waals surface area (Å²) in [6.45, 7) is 2.45. The minimum absolute atomic E-state index is 0.252. The molecule has 0 spiro atoms. The molecule has 5 nitrogen and oxygen atoms in total. The van der Waals surface area contributed by atoms with Crippen LogP contribution in [-0.4, -0.2) is 32.0 Å². The first-order chi connectivity index (χ1) is 11.1. The topological polar surface area (TPSA) is 64.6 Å². The van der Waals surface area contributed by atoms with Gasteiger partial charge >= 0.3 is 0 Å². The zero-order chi connectivity index (χ0) is 16.7. The lowest BCUT2D eigenvalue weighted by molar-refractivity contribution is -0.117. The number of hydrogen-bond acceptors (Lipinski definition) is 4. The van der Waals surface area contributed by atoms with Gasteiger partial charge in [-0.1, -0.05) is 29.8 Å². The van der Waals surface area contributed by atoms with E-state index < -0.39 is 11.7 Å². The van der Waals surface area contributed by atoms with Gasteiger partial charge in [-0.15, -0.1) is 0 Å². The second-order valence-corrected chi connectivity index (χ2v) is 4.98. The largest absolute Gasteiger partial charge is 0.497 e. The van der Waals surface area contributed by atoms with E-state index in [1.54, 1.807) is 55.6 Å². The minimum Gasteiger partial charge on any atom is -0.497 e. The minimum atomic E-state index is -0.632. The summed E-state index contributed by atoms with van der Waals surface area (Å²) in [7, 11) is 1.59. The highest BCUT2D eigenvalue weighted by atomic mass is 16.5. The normalized spacial score (nSPS) is 10.0. The maximum atomic E-state index is 11.9. The molecule has 2 rings (SSSR count). The van der Waals surface area contributed by atoms with Crippen LogP contribution in [0.3, 0.4) is 0 Å². The van der Waals surface area contributed by atoms with Crippen molar-refractivity contribution in [3.8, 4) is 11.5 Å². The highest BCUT2D eigenvalue weighted by Crippen LogP contribution is 2.16. The van der Waals surface area contributed by atoms with E-state index in [0.717, 1.165) is 11.3 Å². The number of aryl methyl sites for hydroxylation is 1. The van der Waals surface area contributed by atoms with Gasteiger partial charge in [-0.3, -0.25) is 9.59 Å². The van der Waals surface area contributed by atoms with Gasteiger partial charge in [-0.2, -0.15) is 0 Å². The third-order valence-corrected chi connectivity index (χ3v) is 3.24. The maximum Gasteiger partial charge on any atom is 0.292 e. The Labute approximate surface area is 135 Å². The summed E-state index contributed by atoms with van der Waals surface area (Å²) in [5, 5.41) is 2.55. The molecule has 0 unspecified atom stereocenters. The van der Waals surface area contributed by atoms with Crippen molar-refractivity contribution in [3.05, 3.63) is 59.7 Å². The van der Waals surface area contributed by atoms with Crippen LogP contribution in [-0.2, 0) is 4.79 Å². The van der Waals surface area contributed by atoms with E-state index in [4.69, 9.17) is 9.47 Å². The first-order valence-electron chi connectivity index (χ1n) is 7.26. The van der Waals surface area contributed by atoms with E-state index in [1.807, 2.05) is 6.92 Å². The molecule has 2 aromatic rings. The van der Waals surface area contributed by atoms with Crippen LogP contribution < -0.4 is 14.8 Å². The van der Waals surface area contributed by atoms with Crippen LogP contribution in [0.2, 0.25) is 0 Å². The van der Waals surface area contributed by atoms with Crippen LogP contribution in [0.25, 0.3) is 0 Å². The van der Waals surface area contributed by atoms with Gasteiger partial charge in [0.2, 0.25) is 5.78 Å². The number of nitrogens with one attached hydrogen (secondary N) is 1. The Bertz CT molecular complexity index is 662. The number of amides is 1. The molecule has 0 aliphatic carbocycles. The van der Waals surface area contributed by atoms with Crippen LogP contribution in [0, 0.1) is 6.92 Å². The fourth-order valence-electron chi connectivity index (χ4n) is 1.92. The van der Waals surface area contributed by atoms with Crippen LogP contribution in [0.15, 0.2) is 48.5 Å². The average molecular weight is 313 g/mol. The smallest absolute Gasteiger partial charge is 0.292 e. The van der Waals surface area contributed by atoms with Crippen LogP contribution in [0.1, 0.15) is 15.9 Å². The molecule has 0 aliphatic heterocycles.